The molecule has 1 heterocycles. The van der Waals surface area contributed by atoms with Crippen LogP contribution in [-0.2, 0) is 6.54 Å². The molecule has 0 aromatic heterocycles. The summed E-state index contributed by atoms with van der Waals surface area (Å²) in [6.45, 7) is -0.0400. The Morgan fingerprint density at radius 1 is 0.727 bits per heavy atom. The maximum absolute atomic E-state index is 13.5. The smallest absolute Gasteiger partial charge is 0.267 e. The number of hydrogen-bond donors (Lipinski definition) is 0. The van der Waals surface area contributed by atoms with E-state index in [4.69, 9.17) is 23.2 Å². The molecule has 0 atom stereocenters. The topological polar surface area (TPSA) is 57.7 Å². The fourth-order valence-electron chi connectivity index (χ4n) is 3.29. The predicted octanol–water partition coefficient (Wildman–Crippen LogP) is 7.90. The van der Waals surface area contributed by atoms with E-state index in [1.165, 1.54) is 12.1 Å². The van der Waals surface area contributed by atoms with Crippen molar-refractivity contribution in [2.24, 2.45) is 0 Å². The van der Waals surface area contributed by atoms with Gasteiger partial charge in [0.25, 0.3) is 17.7 Å². The number of hydrogen-bond acceptors (Lipinski definition) is 3. The zero-order valence-corrected chi connectivity index (χ0v) is 24.1. The SMILES string of the molecule is O=C(c1ccc(Cl)cc1)N(Cc1ccc(Cl)cc1)N1C(=O)c2c(Br)c(Br)c(Br)c(Br)c2C1=O. The number of imide groups is 1. The van der Waals surface area contributed by atoms with Gasteiger partial charge in [0.2, 0.25) is 0 Å². The van der Waals surface area contributed by atoms with Crippen LogP contribution in [0.5, 0.6) is 0 Å². The molecular formula is C22H10Br4Cl2N2O3. The summed E-state index contributed by atoms with van der Waals surface area (Å²) in [6, 6.07) is 13.0. The molecule has 33 heavy (non-hydrogen) atoms. The number of amides is 3. The molecule has 0 N–H and O–H groups in total. The van der Waals surface area contributed by atoms with Crippen LogP contribution in [0, 0.1) is 0 Å². The lowest BCUT2D eigenvalue weighted by Gasteiger charge is -2.30. The molecule has 0 spiro atoms. The minimum absolute atomic E-state index is 0.0400. The number of carbonyl (C=O) groups is 3. The Labute approximate surface area is 232 Å². The maximum Gasteiger partial charge on any atom is 0.282 e. The number of hydrazine groups is 1. The Balaban J connectivity index is 1.83. The molecule has 4 rings (SSSR count). The van der Waals surface area contributed by atoms with E-state index in [2.05, 4.69) is 63.7 Å². The third kappa shape index (κ3) is 4.56. The molecule has 11 heteroatoms. The van der Waals surface area contributed by atoms with Gasteiger partial charge in [-0.1, -0.05) is 35.3 Å². The van der Waals surface area contributed by atoms with E-state index in [0.717, 1.165) is 10.0 Å². The molecule has 0 bridgehead atoms. The second-order valence-corrected chi connectivity index (χ2v) is 11.0. The van der Waals surface area contributed by atoms with Gasteiger partial charge in [-0.25, -0.2) is 5.01 Å². The van der Waals surface area contributed by atoms with Crippen molar-refractivity contribution in [1.29, 1.82) is 0 Å². The lowest BCUT2D eigenvalue weighted by molar-refractivity contribution is 0.000822. The molecule has 0 aliphatic carbocycles. The van der Waals surface area contributed by atoms with Gasteiger partial charge in [-0.15, -0.1) is 0 Å². The summed E-state index contributed by atoms with van der Waals surface area (Å²) < 4.78 is 1.92. The summed E-state index contributed by atoms with van der Waals surface area (Å²) >= 11 is 25.6. The Morgan fingerprint density at radius 2 is 1.15 bits per heavy atom. The van der Waals surface area contributed by atoms with E-state index in [0.29, 0.717) is 33.5 Å². The van der Waals surface area contributed by atoms with Crippen LogP contribution in [-0.4, -0.2) is 27.7 Å². The van der Waals surface area contributed by atoms with Crippen LogP contribution in [0.15, 0.2) is 66.4 Å². The molecule has 0 radical (unpaired) electrons. The minimum Gasteiger partial charge on any atom is -0.267 e. The third-order valence-electron chi connectivity index (χ3n) is 4.89. The summed E-state index contributed by atoms with van der Waals surface area (Å²) in [6.07, 6.45) is 0. The molecule has 0 fully saturated rings. The fourth-order valence-corrected chi connectivity index (χ4v) is 6.00. The molecule has 3 aromatic carbocycles. The molecule has 1 aliphatic rings. The number of nitrogens with zero attached hydrogens (tertiary/aromatic N) is 2. The molecular weight excluding hydrogens is 731 g/mol. The average molecular weight is 741 g/mol. The first-order valence-electron chi connectivity index (χ1n) is 9.18. The molecule has 1 aliphatic heterocycles. The zero-order valence-electron chi connectivity index (χ0n) is 16.2. The Kier molecular flexibility index (Phi) is 7.38. The standard InChI is InChI=1S/C22H10Br4Cl2N2O3/c23-16-14-15(17(24)19(26)18(16)25)22(33)30(21(14)32)29(9-10-1-5-12(27)6-2-10)20(31)11-3-7-13(28)8-4-11/h1-8H,9H2. The lowest BCUT2D eigenvalue weighted by Crippen LogP contribution is -2.49. The zero-order chi connectivity index (χ0) is 24.0. The van der Waals surface area contributed by atoms with Crippen LogP contribution in [0.25, 0.3) is 0 Å². The second kappa shape index (κ2) is 9.79. The van der Waals surface area contributed by atoms with Crippen molar-refractivity contribution in [3.8, 4) is 0 Å². The largest absolute Gasteiger partial charge is 0.282 e. The summed E-state index contributed by atoms with van der Waals surface area (Å²) in [4.78, 5) is 40.5. The Hall–Kier alpha value is -1.23. The first-order chi connectivity index (χ1) is 15.6. The summed E-state index contributed by atoms with van der Waals surface area (Å²) in [5.74, 6) is -1.80. The molecule has 3 amide bonds. The molecule has 3 aromatic rings. The van der Waals surface area contributed by atoms with Crippen molar-refractivity contribution in [2.75, 3.05) is 0 Å². The van der Waals surface area contributed by atoms with E-state index in [1.54, 1.807) is 36.4 Å². The van der Waals surface area contributed by atoms with Gasteiger partial charge in [0.15, 0.2) is 0 Å². The minimum atomic E-state index is -0.632. The van der Waals surface area contributed by atoms with Crippen LogP contribution in [0.2, 0.25) is 10.0 Å². The monoisotopic (exact) mass is 736 g/mol. The number of halogens is 6. The molecule has 0 saturated heterocycles. The van der Waals surface area contributed by atoms with E-state index < -0.39 is 17.7 Å². The van der Waals surface area contributed by atoms with Gasteiger partial charge in [-0.2, -0.15) is 5.01 Å². The number of fused-ring (bicyclic) bond motifs is 1. The molecule has 0 unspecified atom stereocenters. The van der Waals surface area contributed by atoms with Gasteiger partial charge < -0.3 is 0 Å². The van der Waals surface area contributed by atoms with E-state index in [9.17, 15) is 14.4 Å². The van der Waals surface area contributed by atoms with Gasteiger partial charge in [0.1, 0.15) is 0 Å². The van der Waals surface area contributed by atoms with Gasteiger partial charge in [-0.05, 0) is 106 Å². The molecule has 5 nitrogen and oxygen atoms in total. The highest BCUT2D eigenvalue weighted by molar-refractivity contribution is 9.15. The van der Waals surface area contributed by atoms with Crippen LogP contribution in [0.1, 0.15) is 36.6 Å². The Morgan fingerprint density at radius 3 is 1.61 bits per heavy atom. The van der Waals surface area contributed by atoms with E-state index >= 15 is 0 Å². The maximum atomic E-state index is 13.5. The summed E-state index contributed by atoms with van der Waals surface area (Å²) in [5.41, 5.74) is 1.24. The van der Waals surface area contributed by atoms with E-state index in [1.807, 2.05) is 0 Å². The van der Waals surface area contributed by atoms with Gasteiger partial charge in [0.05, 0.1) is 17.7 Å². The number of benzene rings is 3. The number of rotatable bonds is 4. The van der Waals surface area contributed by atoms with Crippen molar-refractivity contribution in [1.82, 2.24) is 10.0 Å². The van der Waals surface area contributed by atoms with Crippen molar-refractivity contribution in [3.05, 3.63) is 98.7 Å². The van der Waals surface area contributed by atoms with Crippen LogP contribution >= 0.6 is 86.9 Å². The van der Waals surface area contributed by atoms with Crippen molar-refractivity contribution < 1.29 is 14.4 Å². The first-order valence-corrected chi connectivity index (χ1v) is 13.1. The van der Waals surface area contributed by atoms with Gasteiger partial charge in [-0.3, -0.25) is 14.4 Å². The van der Waals surface area contributed by atoms with Crippen molar-refractivity contribution in [3.63, 3.8) is 0 Å². The van der Waals surface area contributed by atoms with Gasteiger partial charge >= 0.3 is 0 Å². The fraction of sp³-hybridized carbons (Fsp3) is 0.0455. The quantitative estimate of drug-likeness (QED) is 0.155. The highest BCUT2D eigenvalue weighted by Gasteiger charge is 2.45. The predicted molar refractivity (Wildman–Crippen MR) is 141 cm³/mol. The first kappa shape index (κ1) is 24.9. The summed E-state index contributed by atoms with van der Waals surface area (Å²) in [5, 5.41) is 2.97. The molecule has 168 valence electrons. The number of carbonyl (C=O) groups excluding carboxylic acids is 3. The van der Waals surface area contributed by atoms with E-state index in [-0.39, 0.29) is 23.2 Å². The third-order valence-corrected chi connectivity index (χ3v) is 10.2. The second-order valence-electron chi connectivity index (χ2n) is 6.92. The lowest BCUT2D eigenvalue weighted by atomic mass is 10.1. The van der Waals surface area contributed by atoms with Crippen LogP contribution in [0.3, 0.4) is 0 Å². The normalized spacial score (nSPS) is 12.8. The van der Waals surface area contributed by atoms with Crippen molar-refractivity contribution in [2.45, 2.75) is 6.54 Å². The summed E-state index contributed by atoms with van der Waals surface area (Å²) in [7, 11) is 0. The van der Waals surface area contributed by atoms with Gasteiger partial charge in [0, 0.05) is 33.5 Å². The average Bonchev–Trinajstić information content (AvgIpc) is 3.06. The highest BCUT2D eigenvalue weighted by atomic mass is 79.9. The highest BCUT2D eigenvalue weighted by Crippen LogP contribution is 2.45. The van der Waals surface area contributed by atoms with Crippen LogP contribution < -0.4 is 0 Å². The van der Waals surface area contributed by atoms with Crippen LogP contribution in [0.4, 0.5) is 0 Å². The Bertz CT molecular complexity index is 1270. The van der Waals surface area contributed by atoms with Crippen molar-refractivity contribution >= 4 is 105 Å². The molecule has 0 saturated carbocycles.